The Labute approximate surface area is 125 Å². The van der Waals surface area contributed by atoms with Gasteiger partial charge in [-0.05, 0) is 25.3 Å². The van der Waals surface area contributed by atoms with Crippen LogP contribution in [-0.2, 0) is 4.74 Å². The molecule has 3 heteroatoms. The molecule has 1 aliphatic heterocycles. The molecule has 0 aromatic heterocycles. The maximum absolute atomic E-state index is 5.49. The van der Waals surface area contributed by atoms with Crippen molar-refractivity contribution in [2.75, 3.05) is 39.4 Å². The summed E-state index contributed by atoms with van der Waals surface area (Å²) in [5, 5.41) is 4.00. The van der Waals surface area contributed by atoms with Crippen LogP contribution in [0.4, 0.5) is 0 Å². The van der Waals surface area contributed by atoms with Crippen molar-refractivity contribution < 1.29 is 4.74 Å². The van der Waals surface area contributed by atoms with Crippen molar-refractivity contribution in [2.45, 2.75) is 64.3 Å². The first kappa shape index (κ1) is 16.3. The van der Waals surface area contributed by atoms with Crippen LogP contribution in [0.5, 0.6) is 0 Å². The van der Waals surface area contributed by atoms with E-state index in [2.05, 4.69) is 24.1 Å². The molecule has 0 radical (unpaired) electrons. The number of morpholine rings is 1. The third kappa shape index (κ3) is 4.71. The van der Waals surface area contributed by atoms with E-state index < -0.39 is 0 Å². The molecule has 2 aliphatic rings. The zero-order valence-electron chi connectivity index (χ0n) is 13.6. The van der Waals surface area contributed by atoms with Gasteiger partial charge in [-0.25, -0.2) is 0 Å². The van der Waals surface area contributed by atoms with Crippen molar-refractivity contribution in [3.8, 4) is 0 Å². The van der Waals surface area contributed by atoms with Crippen LogP contribution in [0.2, 0.25) is 0 Å². The maximum atomic E-state index is 5.49. The molecular weight excluding hydrogens is 248 g/mol. The minimum Gasteiger partial charge on any atom is -0.379 e. The van der Waals surface area contributed by atoms with Crippen molar-refractivity contribution in [2.24, 2.45) is 5.92 Å². The monoisotopic (exact) mass is 282 g/mol. The third-order valence-electron chi connectivity index (χ3n) is 5.36. The van der Waals surface area contributed by atoms with Crippen LogP contribution in [0, 0.1) is 5.92 Å². The molecule has 0 unspecified atom stereocenters. The first-order valence-electron chi connectivity index (χ1n) is 8.83. The predicted octanol–water partition coefficient (Wildman–Crippen LogP) is 3.05. The topological polar surface area (TPSA) is 24.5 Å². The van der Waals surface area contributed by atoms with E-state index in [-0.39, 0.29) is 0 Å². The van der Waals surface area contributed by atoms with Crippen molar-refractivity contribution in [3.05, 3.63) is 0 Å². The lowest BCUT2D eigenvalue weighted by Gasteiger charge is -2.43. The summed E-state index contributed by atoms with van der Waals surface area (Å²) in [4.78, 5) is 2.62. The number of hydrogen-bond donors (Lipinski definition) is 1. The molecule has 118 valence electrons. The normalized spacial score (nSPS) is 24.1. The highest BCUT2D eigenvalue weighted by atomic mass is 16.5. The predicted molar refractivity (Wildman–Crippen MR) is 85.1 cm³/mol. The Bertz CT molecular complexity index is 254. The van der Waals surface area contributed by atoms with Crippen LogP contribution >= 0.6 is 0 Å². The molecule has 0 atom stereocenters. The summed E-state index contributed by atoms with van der Waals surface area (Å²) in [5.74, 6) is 0.846. The Hall–Kier alpha value is -0.120. The quantitative estimate of drug-likeness (QED) is 0.777. The number of nitrogens with one attached hydrogen (secondary N) is 1. The molecule has 0 spiro atoms. The molecule has 1 heterocycles. The number of hydrogen-bond acceptors (Lipinski definition) is 3. The van der Waals surface area contributed by atoms with Crippen molar-refractivity contribution >= 4 is 0 Å². The van der Waals surface area contributed by atoms with Gasteiger partial charge in [0.25, 0.3) is 0 Å². The molecule has 3 nitrogen and oxygen atoms in total. The average molecular weight is 282 g/mol. The molecule has 20 heavy (non-hydrogen) atoms. The number of nitrogens with zero attached hydrogens (tertiary/aromatic N) is 1. The molecule has 0 amide bonds. The van der Waals surface area contributed by atoms with E-state index in [1.165, 1.54) is 58.0 Å². The van der Waals surface area contributed by atoms with E-state index in [9.17, 15) is 0 Å². The summed E-state index contributed by atoms with van der Waals surface area (Å²) in [5.41, 5.74) is 0.387. The fourth-order valence-corrected chi connectivity index (χ4v) is 3.74. The van der Waals surface area contributed by atoms with E-state index >= 15 is 0 Å². The molecular formula is C17H34N2O. The van der Waals surface area contributed by atoms with E-state index in [1.54, 1.807) is 0 Å². The van der Waals surface area contributed by atoms with Crippen molar-refractivity contribution in [1.82, 2.24) is 10.2 Å². The lowest BCUT2D eigenvalue weighted by Crippen LogP contribution is -2.57. The SMILES string of the molecule is CCC(CC)CNC1(CN2CCOCC2)CCCCC1. The number of rotatable bonds is 7. The van der Waals surface area contributed by atoms with E-state index in [0.717, 1.165) is 32.2 Å². The van der Waals surface area contributed by atoms with Gasteiger partial charge in [-0.1, -0.05) is 46.0 Å². The van der Waals surface area contributed by atoms with Gasteiger partial charge in [-0.3, -0.25) is 4.90 Å². The van der Waals surface area contributed by atoms with Crippen LogP contribution in [0.3, 0.4) is 0 Å². The smallest absolute Gasteiger partial charge is 0.0594 e. The van der Waals surface area contributed by atoms with Gasteiger partial charge < -0.3 is 10.1 Å². The fourth-order valence-electron chi connectivity index (χ4n) is 3.74. The third-order valence-corrected chi connectivity index (χ3v) is 5.36. The van der Waals surface area contributed by atoms with E-state index in [0.29, 0.717) is 5.54 Å². The minimum absolute atomic E-state index is 0.387. The largest absolute Gasteiger partial charge is 0.379 e. The van der Waals surface area contributed by atoms with Crippen LogP contribution < -0.4 is 5.32 Å². The average Bonchev–Trinajstić information content (AvgIpc) is 2.50. The van der Waals surface area contributed by atoms with Gasteiger partial charge in [0.2, 0.25) is 0 Å². The Balaban J connectivity index is 1.89. The van der Waals surface area contributed by atoms with Gasteiger partial charge >= 0.3 is 0 Å². The van der Waals surface area contributed by atoms with Gasteiger partial charge in [0.15, 0.2) is 0 Å². The van der Waals surface area contributed by atoms with Gasteiger partial charge in [0, 0.05) is 25.2 Å². The molecule has 2 rings (SSSR count). The van der Waals surface area contributed by atoms with Gasteiger partial charge in [-0.2, -0.15) is 0 Å². The zero-order valence-corrected chi connectivity index (χ0v) is 13.6. The molecule has 1 saturated carbocycles. The summed E-state index contributed by atoms with van der Waals surface area (Å²) in [7, 11) is 0. The van der Waals surface area contributed by atoms with Gasteiger partial charge in [-0.15, -0.1) is 0 Å². The van der Waals surface area contributed by atoms with E-state index in [4.69, 9.17) is 4.74 Å². The Morgan fingerprint density at radius 1 is 1.05 bits per heavy atom. The van der Waals surface area contributed by atoms with Crippen molar-refractivity contribution in [1.29, 1.82) is 0 Å². The van der Waals surface area contributed by atoms with Gasteiger partial charge in [0.05, 0.1) is 13.2 Å². The Kier molecular flexibility index (Phi) is 6.79. The zero-order chi connectivity index (χ0) is 14.3. The summed E-state index contributed by atoms with van der Waals surface area (Å²) in [6.45, 7) is 11.2. The maximum Gasteiger partial charge on any atom is 0.0594 e. The fraction of sp³-hybridized carbons (Fsp3) is 1.00. The van der Waals surface area contributed by atoms with Crippen molar-refractivity contribution in [3.63, 3.8) is 0 Å². The van der Waals surface area contributed by atoms with Crippen LogP contribution in [-0.4, -0.2) is 49.8 Å². The lowest BCUT2D eigenvalue weighted by atomic mass is 9.80. The first-order valence-corrected chi connectivity index (χ1v) is 8.83. The minimum atomic E-state index is 0.387. The second kappa shape index (κ2) is 8.35. The summed E-state index contributed by atoms with van der Waals surface area (Å²) < 4.78 is 5.49. The van der Waals surface area contributed by atoms with Gasteiger partial charge in [0.1, 0.15) is 0 Å². The highest BCUT2D eigenvalue weighted by molar-refractivity contribution is 4.94. The summed E-state index contributed by atoms with van der Waals surface area (Å²) in [6.07, 6.45) is 9.57. The summed E-state index contributed by atoms with van der Waals surface area (Å²) >= 11 is 0. The van der Waals surface area contributed by atoms with Crippen LogP contribution in [0.15, 0.2) is 0 Å². The van der Waals surface area contributed by atoms with Crippen LogP contribution in [0.25, 0.3) is 0 Å². The summed E-state index contributed by atoms with van der Waals surface area (Å²) in [6, 6.07) is 0. The molecule has 1 N–H and O–H groups in total. The lowest BCUT2D eigenvalue weighted by molar-refractivity contribution is 0.0173. The molecule has 0 bridgehead atoms. The molecule has 0 aromatic rings. The number of ether oxygens (including phenoxy) is 1. The second-order valence-corrected chi connectivity index (χ2v) is 6.79. The molecule has 0 aromatic carbocycles. The highest BCUT2D eigenvalue weighted by Gasteiger charge is 2.34. The second-order valence-electron chi connectivity index (χ2n) is 6.79. The molecule has 1 saturated heterocycles. The van der Waals surface area contributed by atoms with Crippen LogP contribution in [0.1, 0.15) is 58.8 Å². The molecule has 1 aliphatic carbocycles. The molecule has 2 fully saturated rings. The highest BCUT2D eigenvalue weighted by Crippen LogP contribution is 2.30. The standard InChI is InChI=1S/C17H34N2O/c1-3-16(4-2)14-18-17(8-6-5-7-9-17)15-19-10-12-20-13-11-19/h16,18H,3-15H2,1-2H3. The Morgan fingerprint density at radius 3 is 2.30 bits per heavy atom. The van der Waals surface area contributed by atoms with E-state index in [1.807, 2.05) is 0 Å². The Morgan fingerprint density at radius 2 is 1.70 bits per heavy atom. The first-order chi connectivity index (χ1) is 9.78.